The van der Waals surface area contributed by atoms with Gasteiger partial charge in [0.15, 0.2) is 0 Å². The standard InChI is InChI=1S/C22H32O2/c1-16-8-13-22(15-24-22)21(16,3)12-9-17-6-5-7-18-14-19(23-4)10-11-20(17,18)2/h5,7,9,14,16,19H,6,8,10-13,15H2,1-4H3. The topological polar surface area (TPSA) is 21.8 Å². The molecule has 2 fully saturated rings. The minimum absolute atomic E-state index is 0.196. The number of rotatable bonds is 3. The zero-order valence-electron chi connectivity index (χ0n) is 15.7. The van der Waals surface area contributed by atoms with Crippen molar-refractivity contribution in [3.63, 3.8) is 0 Å². The zero-order chi connectivity index (χ0) is 17.0. The van der Waals surface area contributed by atoms with Crippen molar-refractivity contribution < 1.29 is 9.47 Å². The maximum Gasteiger partial charge on any atom is 0.0975 e. The number of fused-ring (bicyclic) bond motifs is 1. The SMILES string of the molecule is COC1C=C2C=CCC(=CCC3(C)C(C)CCC34CO4)C2(C)CC1. The van der Waals surface area contributed by atoms with Crippen molar-refractivity contribution in [3.05, 3.63) is 35.5 Å². The Morgan fingerprint density at radius 1 is 1.29 bits per heavy atom. The van der Waals surface area contributed by atoms with Crippen LogP contribution in [0.2, 0.25) is 0 Å². The Labute approximate surface area is 147 Å². The van der Waals surface area contributed by atoms with Crippen LogP contribution in [0.1, 0.15) is 59.3 Å². The van der Waals surface area contributed by atoms with Gasteiger partial charge in [0.1, 0.15) is 0 Å². The second-order valence-electron chi connectivity index (χ2n) is 8.95. The fourth-order valence-corrected chi connectivity index (χ4v) is 5.45. The molecular weight excluding hydrogens is 296 g/mol. The Morgan fingerprint density at radius 3 is 2.79 bits per heavy atom. The van der Waals surface area contributed by atoms with Crippen LogP contribution in [-0.4, -0.2) is 25.4 Å². The van der Waals surface area contributed by atoms with Crippen LogP contribution < -0.4 is 0 Å². The summed E-state index contributed by atoms with van der Waals surface area (Å²) >= 11 is 0. The van der Waals surface area contributed by atoms with Gasteiger partial charge in [0, 0.05) is 17.9 Å². The lowest BCUT2D eigenvalue weighted by atomic mass is 9.63. The highest BCUT2D eigenvalue weighted by molar-refractivity contribution is 5.43. The summed E-state index contributed by atoms with van der Waals surface area (Å²) in [5.41, 5.74) is 3.79. The van der Waals surface area contributed by atoms with Crippen LogP contribution in [0.15, 0.2) is 35.5 Å². The van der Waals surface area contributed by atoms with E-state index in [1.54, 1.807) is 5.57 Å². The van der Waals surface area contributed by atoms with Gasteiger partial charge in [-0.25, -0.2) is 0 Å². The molecule has 5 atom stereocenters. The Morgan fingerprint density at radius 2 is 2.08 bits per heavy atom. The molecule has 0 aromatic rings. The molecule has 1 aliphatic heterocycles. The number of allylic oxidation sites excluding steroid dienone is 5. The van der Waals surface area contributed by atoms with E-state index in [4.69, 9.17) is 9.47 Å². The molecule has 0 aromatic heterocycles. The van der Waals surface area contributed by atoms with E-state index in [1.165, 1.54) is 24.8 Å². The van der Waals surface area contributed by atoms with Gasteiger partial charge in [0.05, 0.1) is 18.3 Å². The monoisotopic (exact) mass is 328 g/mol. The molecule has 0 amide bonds. The number of ether oxygens (including phenoxy) is 2. The van der Waals surface area contributed by atoms with Gasteiger partial charge in [-0.1, -0.05) is 50.6 Å². The Kier molecular flexibility index (Phi) is 3.85. The number of hydrogen-bond acceptors (Lipinski definition) is 2. The average Bonchev–Trinajstić information content (AvgIpc) is 3.34. The van der Waals surface area contributed by atoms with E-state index in [-0.39, 0.29) is 17.1 Å². The third kappa shape index (κ3) is 2.29. The van der Waals surface area contributed by atoms with Gasteiger partial charge in [-0.3, -0.25) is 0 Å². The van der Waals surface area contributed by atoms with E-state index in [2.05, 4.69) is 45.1 Å². The summed E-state index contributed by atoms with van der Waals surface area (Å²) in [5, 5.41) is 0. The summed E-state index contributed by atoms with van der Waals surface area (Å²) in [4.78, 5) is 0. The molecule has 0 aromatic carbocycles. The highest BCUT2D eigenvalue weighted by Gasteiger charge is 2.63. The van der Waals surface area contributed by atoms with Crippen LogP contribution in [0.4, 0.5) is 0 Å². The molecule has 1 spiro atoms. The molecule has 0 radical (unpaired) electrons. The summed E-state index contributed by atoms with van der Waals surface area (Å²) in [7, 11) is 1.82. The second kappa shape index (κ2) is 5.57. The average molecular weight is 328 g/mol. The van der Waals surface area contributed by atoms with Gasteiger partial charge < -0.3 is 9.47 Å². The van der Waals surface area contributed by atoms with Crippen LogP contribution in [0.5, 0.6) is 0 Å². The highest BCUT2D eigenvalue weighted by Crippen LogP contribution is 2.61. The third-order valence-electron chi connectivity index (χ3n) is 7.95. The van der Waals surface area contributed by atoms with Crippen LogP contribution >= 0.6 is 0 Å². The van der Waals surface area contributed by atoms with Crippen LogP contribution in [0, 0.1) is 16.7 Å². The molecule has 1 heterocycles. The van der Waals surface area contributed by atoms with E-state index in [1.807, 2.05) is 7.11 Å². The molecule has 24 heavy (non-hydrogen) atoms. The first-order chi connectivity index (χ1) is 11.4. The number of epoxide rings is 1. The van der Waals surface area contributed by atoms with Crippen molar-refractivity contribution in [2.24, 2.45) is 16.7 Å². The predicted octanol–water partition coefficient (Wildman–Crippen LogP) is 5.21. The first-order valence-corrected chi connectivity index (χ1v) is 9.69. The second-order valence-corrected chi connectivity index (χ2v) is 8.95. The molecular formula is C22H32O2. The fraction of sp³-hybridized carbons (Fsp3) is 0.727. The molecule has 2 heteroatoms. The quantitative estimate of drug-likeness (QED) is 0.524. The van der Waals surface area contributed by atoms with Crippen LogP contribution in [0.25, 0.3) is 0 Å². The lowest BCUT2D eigenvalue weighted by Crippen LogP contribution is -2.35. The summed E-state index contributed by atoms with van der Waals surface area (Å²) < 4.78 is 11.6. The minimum atomic E-state index is 0.196. The Balaban J connectivity index is 1.60. The fourth-order valence-electron chi connectivity index (χ4n) is 5.45. The molecule has 132 valence electrons. The molecule has 4 rings (SSSR count). The molecule has 0 bridgehead atoms. The number of methoxy groups -OCH3 is 1. The van der Waals surface area contributed by atoms with Gasteiger partial charge >= 0.3 is 0 Å². The van der Waals surface area contributed by atoms with Crippen molar-refractivity contribution in [2.75, 3.05) is 13.7 Å². The van der Waals surface area contributed by atoms with E-state index >= 15 is 0 Å². The minimum Gasteiger partial charge on any atom is -0.377 e. The van der Waals surface area contributed by atoms with Gasteiger partial charge in [-0.2, -0.15) is 0 Å². The maximum atomic E-state index is 5.97. The largest absolute Gasteiger partial charge is 0.377 e. The summed E-state index contributed by atoms with van der Waals surface area (Å²) in [5.74, 6) is 0.753. The molecule has 2 nitrogen and oxygen atoms in total. The van der Waals surface area contributed by atoms with Crippen molar-refractivity contribution in [1.82, 2.24) is 0 Å². The third-order valence-corrected chi connectivity index (χ3v) is 7.95. The van der Waals surface area contributed by atoms with E-state index in [0.29, 0.717) is 5.41 Å². The van der Waals surface area contributed by atoms with Crippen LogP contribution in [0.3, 0.4) is 0 Å². The zero-order valence-corrected chi connectivity index (χ0v) is 15.7. The van der Waals surface area contributed by atoms with Crippen molar-refractivity contribution in [3.8, 4) is 0 Å². The van der Waals surface area contributed by atoms with Gasteiger partial charge in [0.2, 0.25) is 0 Å². The van der Waals surface area contributed by atoms with Gasteiger partial charge in [0.25, 0.3) is 0 Å². The van der Waals surface area contributed by atoms with Crippen LogP contribution in [-0.2, 0) is 9.47 Å². The number of hydrogen-bond donors (Lipinski definition) is 0. The van der Waals surface area contributed by atoms with E-state index < -0.39 is 0 Å². The smallest absolute Gasteiger partial charge is 0.0975 e. The normalized spacial score (nSPS) is 48.7. The first kappa shape index (κ1) is 16.6. The molecule has 1 saturated heterocycles. The Bertz CT molecular complexity index is 609. The molecule has 3 aliphatic carbocycles. The molecule has 4 aliphatic rings. The summed E-state index contributed by atoms with van der Waals surface area (Å²) in [6, 6.07) is 0. The van der Waals surface area contributed by atoms with E-state index in [0.717, 1.165) is 31.8 Å². The van der Waals surface area contributed by atoms with Gasteiger partial charge in [-0.15, -0.1) is 0 Å². The van der Waals surface area contributed by atoms with Crippen molar-refractivity contribution >= 4 is 0 Å². The predicted molar refractivity (Wildman–Crippen MR) is 97.9 cm³/mol. The van der Waals surface area contributed by atoms with Crippen molar-refractivity contribution in [1.29, 1.82) is 0 Å². The van der Waals surface area contributed by atoms with E-state index in [9.17, 15) is 0 Å². The van der Waals surface area contributed by atoms with Gasteiger partial charge in [-0.05, 0) is 50.0 Å². The van der Waals surface area contributed by atoms with Crippen molar-refractivity contribution in [2.45, 2.75) is 71.0 Å². The maximum absolute atomic E-state index is 5.97. The lowest BCUT2D eigenvalue weighted by Gasteiger charge is -2.42. The Hall–Kier alpha value is -0.860. The molecule has 1 saturated carbocycles. The first-order valence-electron chi connectivity index (χ1n) is 9.69. The molecule has 5 unspecified atom stereocenters. The summed E-state index contributed by atoms with van der Waals surface area (Å²) in [6.07, 6.45) is 17.0. The lowest BCUT2D eigenvalue weighted by molar-refractivity contribution is 0.112. The highest BCUT2D eigenvalue weighted by atomic mass is 16.6. The summed E-state index contributed by atoms with van der Waals surface area (Å²) in [6.45, 7) is 8.31. The molecule has 0 N–H and O–H groups in total.